The summed E-state index contributed by atoms with van der Waals surface area (Å²) in [7, 11) is 0. The number of rotatable bonds is 3. The molecule has 2 aromatic rings. The first-order valence-electron chi connectivity index (χ1n) is 9.39. The SMILES string of the molecule is Nc1ccnc(-c2cccc(C(=O)N3CCN(C4CCCC4)C(=O)C3)c2)n1. The Balaban J connectivity index is 1.48. The number of carbonyl (C=O) groups excluding carboxylic acids is 2. The summed E-state index contributed by atoms with van der Waals surface area (Å²) in [6, 6.07) is 9.13. The molecule has 1 aromatic heterocycles. The fraction of sp³-hybridized carbons (Fsp3) is 0.400. The number of aromatic nitrogens is 2. The molecule has 27 heavy (non-hydrogen) atoms. The largest absolute Gasteiger partial charge is 0.384 e. The minimum Gasteiger partial charge on any atom is -0.384 e. The summed E-state index contributed by atoms with van der Waals surface area (Å²) in [5, 5.41) is 0. The molecule has 2 aliphatic rings. The topological polar surface area (TPSA) is 92.4 Å². The van der Waals surface area contributed by atoms with Gasteiger partial charge in [-0.3, -0.25) is 9.59 Å². The third-order valence-corrected chi connectivity index (χ3v) is 5.35. The lowest BCUT2D eigenvalue weighted by Crippen LogP contribution is -2.54. The number of hydrogen-bond acceptors (Lipinski definition) is 5. The van der Waals surface area contributed by atoms with E-state index in [0.717, 1.165) is 18.4 Å². The van der Waals surface area contributed by atoms with Crippen LogP contribution in [-0.4, -0.2) is 57.3 Å². The maximum absolute atomic E-state index is 12.9. The Kier molecular flexibility index (Phi) is 4.75. The number of nitrogens with two attached hydrogens (primary N) is 1. The van der Waals surface area contributed by atoms with Crippen molar-refractivity contribution in [1.82, 2.24) is 19.8 Å². The standard InChI is InChI=1S/C20H23N5O2/c21-17-8-9-22-19(23-17)14-4-3-5-15(12-14)20(27)24-10-11-25(18(26)13-24)16-6-1-2-7-16/h3-5,8-9,12,16H,1-2,6-7,10-11,13H2,(H2,21,22,23). The summed E-state index contributed by atoms with van der Waals surface area (Å²) < 4.78 is 0. The Bertz CT molecular complexity index is 863. The van der Waals surface area contributed by atoms with Crippen molar-refractivity contribution in [3.63, 3.8) is 0 Å². The number of anilines is 1. The average Bonchev–Trinajstić information content (AvgIpc) is 3.22. The molecule has 2 N–H and O–H groups in total. The van der Waals surface area contributed by atoms with Gasteiger partial charge in [0.25, 0.3) is 5.91 Å². The summed E-state index contributed by atoms with van der Waals surface area (Å²) in [5.41, 5.74) is 6.98. The first-order chi connectivity index (χ1) is 13.1. The molecule has 140 valence electrons. The molecular weight excluding hydrogens is 342 g/mol. The van der Waals surface area contributed by atoms with Crippen LogP contribution < -0.4 is 5.73 Å². The molecule has 0 spiro atoms. The Hall–Kier alpha value is -2.96. The Morgan fingerprint density at radius 1 is 1.15 bits per heavy atom. The van der Waals surface area contributed by atoms with E-state index in [4.69, 9.17) is 5.73 Å². The van der Waals surface area contributed by atoms with Gasteiger partial charge >= 0.3 is 0 Å². The molecule has 0 atom stereocenters. The number of nitrogen functional groups attached to an aromatic ring is 1. The van der Waals surface area contributed by atoms with Crippen LogP contribution in [0.25, 0.3) is 11.4 Å². The molecule has 1 aliphatic carbocycles. The van der Waals surface area contributed by atoms with Crippen LogP contribution in [0.5, 0.6) is 0 Å². The number of hydrogen-bond donors (Lipinski definition) is 1. The molecule has 1 aromatic carbocycles. The second-order valence-corrected chi connectivity index (χ2v) is 7.14. The highest BCUT2D eigenvalue weighted by Crippen LogP contribution is 2.25. The van der Waals surface area contributed by atoms with Crippen LogP contribution >= 0.6 is 0 Å². The molecule has 7 nitrogen and oxygen atoms in total. The molecule has 1 aliphatic heterocycles. The lowest BCUT2D eigenvalue weighted by Gasteiger charge is -2.37. The summed E-state index contributed by atoms with van der Waals surface area (Å²) in [6.45, 7) is 1.34. The highest BCUT2D eigenvalue weighted by atomic mass is 16.2. The van der Waals surface area contributed by atoms with Gasteiger partial charge in [0.15, 0.2) is 5.82 Å². The molecule has 0 bridgehead atoms. The Morgan fingerprint density at radius 2 is 1.96 bits per heavy atom. The third-order valence-electron chi connectivity index (χ3n) is 5.35. The van der Waals surface area contributed by atoms with E-state index >= 15 is 0 Å². The molecule has 0 radical (unpaired) electrons. The molecular formula is C20H23N5O2. The second kappa shape index (κ2) is 7.34. The van der Waals surface area contributed by atoms with Crippen LogP contribution in [0.3, 0.4) is 0 Å². The summed E-state index contributed by atoms with van der Waals surface area (Å²) in [4.78, 5) is 37.5. The van der Waals surface area contributed by atoms with Crippen molar-refractivity contribution < 1.29 is 9.59 Å². The average molecular weight is 365 g/mol. The van der Waals surface area contributed by atoms with E-state index < -0.39 is 0 Å². The van der Waals surface area contributed by atoms with E-state index in [-0.39, 0.29) is 18.4 Å². The van der Waals surface area contributed by atoms with E-state index in [9.17, 15) is 9.59 Å². The molecule has 2 heterocycles. The maximum atomic E-state index is 12.9. The Morgan fingerprint density at radius 3 is 2.70 bits per heavy atom. The molecule has 1 saturated carbocycles. The second-order valence-electron chi connectivity index (χ2n) is 7.14. The van der Waals surface area contributed by atoms with Crippen molar-refractivity contribution in [2.75, 3.05) is 25.4 Å². The molecule has 4 rings (SSSR count). The number of carbonyl (C=O) groups is 2. The molecule has 0 unspecified atom stereocenters. The van der Waals surface area contributed by atoms with Crippen LogP contribution in [0.4, 0.5) is 5.82 Å². The highest BCUT2D eigenvalue weighted by Gasteiger charge is 2.33. The van der Waals surface area contributed by atoms with E-state index in [1.807, 2.05) is 11.0 Å². The lowest BCUT2D eigenvalue weighted by atomic mass is 10.1. The first kappa shape index (κ1) is 17.5. The van der Waals surface area contributed by atoms with Crippen molar-refractivity contribution in [2.45, 2.75) is 31.7 Å². The number of piperazine rings is 1. The van der Waals surface area contributed by atoms with Gasteiger partial charge in [-0.15, -0.1) is 0 Å². The molecule has 2 fully saturated rings. The van der Waals surface area contributed by atoms with Crippen LogP contribution in [0.15, 0.2) is 36.5 Å². The zero-order valence-electron chi connectivity index (χ0n) is 15.2. The van der Waals surface area contributed by atoms with Crippen molar-refractivity contribution in [3.05, 3.63) is 42.1 Å². The van der Waals surface area contributed by atoms with Crippen LogP contribution in [0, 0.1) is 0 Å². The monoisotopic (exact) mass is 365 g/mol. The van der Waals surface area contributed by atoms with Crippen molar-refractivity contribution in [3.8, 4) is 11.4 Å². The van der Waals surface area contributed by atoms with E-state index in [2.05, 4.69) is 9.97 Å². The minimum atomic E-state index is -0.139. The molecule has 2 amide bonds. The minimum absolute atomic E-state index is 0.0526. The van der Waals surface area contributed by atoms with Crippen LogP contribution in [-0.2, 0) is 4.79 Å². The molecule has 7 heteroatoms. The maximum Gasteiger partial charge on any atom is 0.254 e. The highest BCUT2D eigenvalue weighted by molar-refractivity contribution is 5.98. The Labute approximate surface area is 158 Å². The smallest absolute Gasteiger partial charge is 0.254 e. The van der Waals surface area contributed by atoms with Crippen molar-refractivity contribution in [1.29, 1.82) is 0 Å². The van der Waals surface area contributed by atoms with Gasteiger partial charge in [0.1, 0.15) is 12.4 Å². The predicted octanol–water partition coefficient (Wildman–Crippen LogP) is 1.95. The first-order valence-corrected chi connectivity index (χ1v) is 9.39. The van der Waals surface area contributed by atoms with Gasteiger partial charge in [-0.1, -0.05) is 25.0 Å². The number of amides is 2. The van der Waals surface area contributed by atoms with E-state index in [0.29, 0.717) is 36.3 Å². The van der Waals surface area contributed by atoms with Crippen LogP contribution in [0.2, 0.25) is 0 Å². The predicted molar refractivity (Wildman–Crippen MR) is 102 cm³/mol. The summed E-state index contributed by atoms with van der Waals surface area (Å²) in [5.74, 6) is 0.772. The third kappa shape index (κ3) is 3.63. The van der Waals surface area contributed by atoms with Crippen LogP contribution in [0.1, 0.15) is 36.0 Å². The zero-order valence-corrected chi connectivity index (χ0v) is 15.2. The summed E-state index contributed by atoms with van der Waals surface area (Å²) >= 11 is 0. The molecule has 1 saturated heterocycles. The van der Waals surface area contributed by atoms with Crippen molar-refractivity contribution >= 4 is 17.6 Å². The summed E-state index contributed by atoms with van der Waals surface area (Å²) in [6.07, 6.45) is 6.14. The van der Waals surface area contributed by atoms with E-state index in [1.165, 1.54) is 12.8 Å². The lowest BCUT2D eigenvalue weighted by molar-refractivity contribution is -0.137. The van der Waals surface area contributed by atoms with Gasteiger partial charge in [-0.05, 0) is 31.0 Å². The van der Waals surface area contributed by atoms with Gasteiger partial charge < -0.3 is 15.5 Å². The fourth-order valence-corrected chi connectivity index (χ4v) is 3.95. The van der Waals surface area contributed by atoms with Gasteiger partial charge in [0, 0.05) is 36.5 Å². The van der Waals surface area contributed by atoms with E-state index in [1.54, 1.807) is 35.4 Å². The normalized spacial score (nSPS) is 18.1. The van der Waals surface area contributed by atoms with Gasteiger partial charge in [0.2, 0.25) is 5.91 Å². The zero-order chi connectivity index (χ0) is 18.8. The van der Waals surface area contributed by atoms with Gasteiger partial charge in [-0.25, -0.2) is 9.97 Å². The number of nitrogens with zero attached hydrogens (tertiary/aromatic N) is 4. The van der Waals surface area contributed by atoms with Gasteiger partial charge in [-0.2, -0.15) is 0 Å². The fourth-order valence-electron chi connectivity index (χ4n) is 3.95. The quantitative estimate of drug-likeness (QED) is 0.897. The number of benzene rings is 1. The van der Waals surface area contributed by atoms with Gasteiger partial charge in [0.05, 0.1) is 0 Å². The van der Waals surface area contributed by atoms with Crippen molar-refractivity contribution in [2.24, 2.45) is 0 Å².